The molecule has 5 aromatic rings. The minimum Gasteiger partial charge on any atom is -0.343 e. The van der Waals surface area contributed by atoms with Gasteiger partial charge in [0.1, 0.15) is 5.69 Å². The van der Waals surface area contributed by atoms with Crippen molar-refractivity contribution in [3.8, 4) is 11.3 Å². The molecule has 0 aliphatic rings. The van der Waals surface area contributed by atoms with Gasteiger partial charge in [0, 0.05) is 23.3 Å². The van der Waals surface area contributed by atoms with Gasteiger partial charge in [-0.3, -0.25) is 14.9 Å². The van der Waals surface area contributed by atoms with Crippen molar-refractivity contribution < 1.29 is 4.79 Å². The van der Waals surface area contributed by atoms with Gasteiger partial charge in [-0.25, -0.2) is 4.98 Å². The van der Waals surface area contributed by atoms with E-state index >= 15 is 0 Å². The highest BCUT2D eigenvalue weighted by atomic mass is 16.2. The molecule has 3 N–H and O–H groups in total. The first kappa shape index (κ1) is 18.1. The van der Waals surface area contributed by atoms with Crippen molar-refractivity contribution in [3.63, 3.8) is 0 Å². The minimum absolute atomic E-state index is 0.0657. The number of aromatic nitrogens is 5. The van der Waals surface area contributed by atoms with E-state index in [0.717, 1.165) is 45.2 Å². The maximum atomic E-state index is 12.8. The van der Waals surface area contributed by atoms with E-state index in [2.05, 4.69) is 30.5 Å². The molecule has 0 fully saturated rings. The molecule has 0 saturated carbocycles. The molecule has 1 atom stereocenters. The average Bonchev–Trinajstić information content (AvgIpc) is 3.40. The fourth-order valence-electron chi connectivity index (χ4n) is 3.69. The van der Waals surface area contributed by atoms with Crippen molar-refractivity contribution in [1.29, 1.82) is 0 Å². The lowest BCUT2D eigenvalue weighted by Crippen LogP contribution is -2.28. The quantitative estimate of drug-likeness (QED) is 0.410. The molecule has 0 radical (unpaired) electrons. The maximum absolute atomic E-state index is 12.8. The lowest BCUT2D eigenvalue weighted by Gasteiger charge is -2.16. The number of benzene rings is 2. The van der Waals surface area contributed by atoms with Crippen molar-refractivity contribution in [2.45, 2.75) is 19.4 Å². The van der Waals surface area contributed by atoms with Crippen LogP contribution in [0, 0.1) is 0 Å². The summed E-state index contributed by atoms with van der Waals surface area (Å²) >= 11 is 0. The molecule has 148 valence electrons. The fourth-order valence-corrected chi connectivity index (χ4v) is 3.69. The Hall–Kier alpha value is -4.00. The number of carbonyl (C=O) groups is 1. The lowest BCUT2D eigenvalue weighted by atomic mass is 10.0. The number of rotatable bonds is 5. The third-order valence-electron chi connectivity index (χ3n) is 5.25. The Balaban J connectivity index is 1.48. The Morgan fingerprint density at radius 3 is 2.63 bits per heavy atom. The SMILES string of the molecule is CC[C@@H](NC(=O)c1nc2cc3c(-c4ccncc4)n[nH]c3cc2[nH]1)c1ccccc1. The summed E-state index contributed by atoms with van der Waals surface area (Å²) in [6, 6.07) is 17.6. The van der Waals surface area contributed by atoms with Crippen LogP contribution in [-0.4, -0.2) is 31.1 Å². The zero-order valence-electron chi connectivity index (χ0n) is 16.4. The topological polar surface area (TPSA) is 99.3 Å². The molecular formula is C23H20N6O. The van der Waals surface area contributed by atoms with E-state index in [-0.39, 0.29) is 11.9 Å². The normalized spacial score (nSPS) is 12.3. The molecule has 0 spiro atoms. The highest BCUT2D eigenvalue weighted by Gasteiger charge is 2.18. The fraction of sp³-hybridized carbons (Fsp3) is 0.130. The molecule has 0 aliphatic carbocycles. The number of hydrogen-bond acceptors (Lipinski definition) is 4. The van der Waals surface area contributed by atoms with Crippen LogP contribution in [0.1, 0.15) is 35.6 Å². The summed E-state index contributed by atoms with van der Waals surface area (Å²) in [5, 5.41) is 11.5. The number of aromatic amines is 2. The second kappa shape index (κ2) is 7.44. The Morgan fingerprint density at radius 1 is 1.07 bits per heavy atom. The molecule has 3 heterocycles. The zero-order chi connectivity index (χ0) is 20.5. The predicted molar refractivity (Wildman–Crippen MR) is 116 cm³/mol. The highest BCUT2D eigenvalue weighted by molar-refractivity contribution is 6.02. The number of nitrogens with one attached hydrogen (secondary N) is 3. The summed E-state index contributed by atoms with van der Waals surface area (Å²) in [6.07, 6.45) is 4.27. The number of fused-ring (bicyclic) bond motifs is 2. The maximum Gasteiger partial charge on any atom is 0.287 e. The second-order valence-corrected chi connectivity index (χ2v) is 7.15. The van der Waals surface area contributed by atoms with E-state index in [1.807, 2.05) is 61.5 Å². The summed E-state index contributed by atoms with van der Waals surface area (Å²) in [5.41, 5.74) is 5.25. The summed E-state index contributed by atoms with van der Waals surface area (Å²) < 4.78 is 0. The van der Waals surface area contributed by atoms with Crippen LogP contribution >= 0.6 is 0 Å². The molecule has 1 amide bonds. The first-order valence-corrected chi connectivity index (χ1v) is 9.87. The monoisotopic (exact) mass is 396 g/mol. The number of pyridine rings is 1. The van der Waals surface area contributed by atoms with E-state index in [1.165, 1.54) is 0 Å². The van der Waals surface area contributed by atoms with Gasteiger partial charge >= 0.3 is 0 Å². The molecule has 0 aliphatic heterocycles. The van der Waals surface area contributed by atoms with Gasteiger partial charge in [0.05, 0.1) is 22.6 Å². The molecule has 3 aromatic heterocycles. The number of hydrogen-bond donors (Lipinski definition) is 3. The Labute approximate surface area is 172 Å². The molecule has 0 bridgehead atoms. The van der Waals surface area contributed by atoms with Gasteiger partial charge in [0.25, 0.3) is 5.91 Å². The molecular weight excluding hydrogens is 376 g/mol. The van der Waals surface area contributed by atoms with Crippen molar-refractivity contribution in [2.75, 3.05) is 0 Å². The Kier molecular flexibility index (Phi) is 4.48. The smallest absolute Gasteiger partial charge is 0.287 e. The lowest BCUT2D eigenvalue weighted by molar-refractivity contribution is 0.0926. The number of nitrogens with zero attached hydrogens (tertiary/aromatic N) is 3. The van der Waals surface area contributed by atoms with Crippen molar-refractivity contribution in [3.05, 3.63) is 78.4 Å². The van der Waals surface area contributed by atoms with E-state index in [1.54, 1.807) is 12.4 Å². The second-order valence-electron chi connectivity index (χ2n) is 7.15. The van der Waals surface area contributed by atoms with Gasteiger partial charge in [-0.05, 0) is 36.2 Å². The highest BCUT2D eigenvalue weighted by Crippen LogP contribution is 2.29. The van der Waals surface area contributed by atoms with Crippen LogP contribution in [-0.2, 0) is 0 Å². The Morgan fingerprint density at radius 2 is 1.87 bits per heavy atom. The largest absolute Gasteiger partial charge is 0.343 e. The van der Waals surface area contributed by atoms with Crippen LogP contribution in [0.15, 0.2) is 67.0 Å². The number of imidazole rings is 1. The van der Waals surface area contributed by atoms with Crippen LogP contribution in [0.4, 0.5) is 0 Å². The standard InChI is InChI=1S/C23H20N6O/c1-2-17(14-6-4-3-5-7-14)27-23(30)22-25-19-12-16-18(13-20(19)26-22)28-29-21(16)15-8-10-24-11-9-15/h3-13,17H,2H2,1H3,(H,25,26)(H,27,30)(H,28,29)/t17-/m1/s1. The molecule has 0 unspecified atom stereocenters. The van der Waals surface area contributed by atoms with Crippen LogP contribution in [0.2, 0.25) is 0 Å². The van der Waals surface area contributed by atoms with Gasteiger partial charge in [-0.1, -0.05) is 37.3 Å². The molecule has 5 rings (SSSR count). The summed E-state index contributed by atoms with van der Waals surface area (Å²) in [6.45, 7) is 2.05. The van der Waals surface area contributed by atoms with Crippen molar-refractivity contribution in [2.24, 2.45) is 0 Å². The van der Waals surface area contributed by atoms with Crippen molar-refractivity contribution >= 4 is 27.8 Å². The third-order valence-corrected chi connectivity index (χ3v) is 5.25. The molecule has 2 aromatic carbocycles. The summed E-state index contributed by atoms with van der Waals surface area (Å²) in [4.78, 5) is 24.6. The first-order valence-electron chi connectivity index (χ1n) is 9.87. The average molecular weight is 396 g/mol. The third kappa shape index (κ3) is 3.20. The first-order chi connectivity index (χ1) is 14.7. The van der Waals surface area contributed by atoms with E-state index in [4.69, 9.17) is 0 Å². The van der Waals surface area contributed by atoms with Gasteiger partial charge in [-0.15, -0.1) is 0 Å². The van der Waals surface area contributed by atoms with Crippen LogP contribution in [0.3, 0.4) is 0 Å². The van der Waals surface area contributed by atoms with E-state index in [9.17, 15) is 4.79 Å². The minimum atomic E-state index is -0.224. The van der Waals surface area contributed by atoms with E-state index < -0.39 is 0 Å². The number of amides is 1. The number of H-pyrrole nitrogens is 2. The van der Waals surface area contributed by atoms with Gasteiger partial charge < -0.3 is 10.3 Å². The van der Waals surface area contributed by atoms with Crippen LogP contribution in [0.25, 0.3) is 33.2 Å². The predicted octanol–water partition coefficient (Wildman–Crippen LogP) is 4.38. The molecule has 7 nitrogen and oxygen atoms in total. The van der Waals surface area contributed by atoms with Crippen molar-refractivity contribution in [1.82, 2.24) is 30.5 Å². The van der Waals surface area contributed by atoms with Gasteiger partial charge in [-0.2, -0.15) is 5.10 Å². The summed E-state index contributed by atoms with van der Waals surface area (Å²) in [5.74, 6) is 0.0727. The van der Waals surface area contributed by atoms with Crippen LogP contribution in [0.5, 0.6) is 0 Å². The van der Waals surface area contributed by atoms with Crippen LogP contribution < -0.4 is 5.32 Å². The molecule has 0 saturated heterocycles. The Bertz CT molecular complexity index is 1320. The number of carbonyl (C=O) groups excluding carboxylic acids is 1. The molecule has 7 heteroatoms. The van der Waals surface area contributed by atoms with E-state index in [0.29, 0.717) is 5.82 Å². The van der Waals surface area contributed by atoms with Gasteiger partial charge in [0.2, 0.25) is 0 Å². The zero-order valence-corrected chi connectivity index (χ0v) is 16.4. The van der Waals surface area contributed by atoms with Gasteiger partial charge in [0.15, 0.2) is 5.82 Å². The summed E-state index contributed by atoms with van der Waals surface area (Å²) in [7, 11) is 0. The molecule has 30 heavy (non-hydrogen) atoms.